The Morgan fingerprint density at radius 1 is 1.29 bits per heavy atom. The van der Waals surface area contributed by atoms with E-state index >= 15 is 0 Å². The molecule has 2 N–H and O–H groups in total. The van der Waals surface area contributed by atoms with Crippen LogP contribution in [0.15, 0.2) is 18.3 Å². The fraction of sp³-hybridized carbons (Fsp3) is 0.625. The number of nitrogens with one attached hydrogen (secondary N) is 2. The lowest BCUT2D eigenvalue weighted by Crippen LogP contribution is -2.28. The van der Waals surface area contributed by atoms with Crippen LogP contribution in [0.5, 0.6) is 0 Å². The first-order valence-corrected chi connectivity index (χ1v) is 8.14. The number of rotatable bonds is 4. The third kappa shape index (κ3) is 2.68. The lowest BCUT2D eigenvalue weighted by atomic mass is 10.0. The van der Waals surface area contributed by atoms with Crippen LogP contribution in [-0.2, 0) is 13.0 Å². The fourth-order valence-corrected chi connectivity index (χ4v) is 3.63. The molecular weight excluding hydrogens is 262 g/mol. The first-order chi connectivity index (χ1) is 10.4. The minimum absolute atomic E-state index is 0.574. The van der Waals surface area contributed by atoms with Crippen LogP contribution in [0.25, 0.3) is 11.2 Å². The van der Waals surface area contributed by atoms with E-state index in [1.54, 1.807) is 0 Å². The lowest BCUT2D eigenvalue weighted by molar-refractivity contribution is 0.480. The molecular formula is C16H23N5. The zero-order chi connectivity index (χ0) is 14.1. The molecule has 0 aliphatic carbocycles. The Hall–Kier alpha value is -1.46. The molecule has 0 aromatic carbocycles. The third-order valence-corrected chi connectivity index (χ3v) is 4.78. The van der Waals surface area contributed by atoms with Crippen LogP contribution in [0.4, 0.5) is 0 Å². The summed E-state index contributed by atoms with van der Waals surface area (Å²) in [6, 6.07) is 4.64. The van der Waals surface area contributed by atoms with Crippen LogP contribution in [0.1, 0.15) is 25.1 Å². The van der Waals surface area contributed by atoms with E-state index in [1.807, 2.05) is 12.3 Å². The van der Waals surface area contributed by atoms with Crippen LogP contribution >= 0.6 is 0 Å². The largest absolute Gasteiger partial charge is 0.316 e. The first kappa shape index (κ1) is 13.2. The van der Waals surface area contributed by atoms with Gasteiger partial charge in [-0.05, 0) is 56.9 Å². The zero-order valence-corrected chi connectivity index (χ0v) is 12.4. The Morgan fingerprint density at radius 3 is 3.10 bits per heavy atom. The first-order valence-electron chi connectivity index (χ1n) is 8.14. The quantitative estimate of drug-likeness (QED) is 0.890. The van der Waals surface area contributed by atoms with Gasteiger partial charge in [0.05, 0.1) is 0 Å². The van der Waals surface area contributed by atoms with E-state index in [4.69, 9.17) is 4.98 Å². The number of pyridine rings is 1. The second kappa shape index (κ2) is 5.73. The number of imidazole rings is 1. The molecule has 2 aliphatic heterocycles. The predicted octanol–water partition coefficient (Wildman–Crippen LogP) is 1.34. The van der Waals surface area contributed by atoms with E-state index in [1.165, 1.54) is 25.1 Å². The fourth-order valence-electron chi connectivity index (χ4n) is 3.63. The topological polar surface area (TPSA) is 54.8 Å². The minimum atomic E-state index is 0.574. The van der Waals surface area contributed by atoms with E-state index in [2.05, 4.69) is 26.3 Å². The monoisotopic (exact) mass is 285 g/mol. The van der Waals surface area contributed by atoms with Crippen LogP contribution < -0.4 is 10.6 Å². The number of fused-ring (bicyclic) bond motifs is 1. The molecule has 2 fully saturated rings. The zero-order valence-electron chi connectivity index (χ0n) is 12.4. The Kier molecular flexibility index (Phi) is 3.61. The normalized spacial score (nSPS) is 25.9. The standard InChI is InChI=1S/C16H23N5/c1-3-13(18-6-1)11-21-15(9-12-5-8-17-10-12)20-14-4-2-7-19-16(14)21/h2,4,7,12-13,17-18H,1,3,5-6,8-11H2. The van der Waals surface area contributed by atoms with Crippen molar-refractivity contribution in [1.82, 2.24) is 25.2 Å². The highest BCUT2D eigenvalue weighted by Crippen LogP contribution is 2.21. The van der Waals surface area contributed by atoms with E-state index in [-0.39, 0.29) is 0 Å². The van der Waals surface area contributed by atoms with Gasteiger partial charge in [-0.15, -0.1) is 0 Å². The van der Waals surface area contributed by atoms with E-state index in [0.29, 0.717) is 6.04 Å². The highest BCUT2D eigenvalue weighted by Gasteiger charge is 2.22. The van der Waals surface area contributed by atoms with Crippen LogP contribution in [-0.4, -0.2) is 40.2 Å². The van der Waals surface area contributed by atoms with Gasteiger partial charge in [0.1, 0.15) is 11.3 Å². The molecule has 2 unspecified atom stereocenters. The van der Waals surface area contributed by atoms with E-state index in [0.717, 1.165) is 49.7 Å². The van der Waals surface area contributed by atoms with Gasteiger partial charge in [-0.3, -0.25) is 0 Å². The van der Waals surface area contributed by atoms with Crippen molar-refractivity contribution in [3.8, 4) is 0 Å². The summed E-state index contributed by atoms with van der Waals surface area (Å²) < 4.78 is 2.36. The Bertz CT molecular complexity index is 608. The second-order valence-electron chi connectivity index (χ2n) is 6.34. The van der Waals surface area contributed by atoms with Crippen molar-refractivity contribution in [2.75, 3.05) is 19.6 Å². The van der Waals surface area contributed by atoms with Crippen molar-refractivity contribution in [3.63, 3.8) is 0 Å². The van der Waals surface area contributed by atoms with Crippen LogP contribution in [0.2, 0.25) is 0 Å². The summed E-state index contributed by atoms with van der Waals surface area (Å²) in [5, 5.41) is 7.05. The average molecular weight is 285 g/mol. The molecule has 21 heavy (non-hydrogen) atoms. The maximum Gasteiger partial charge on any atom is 0.160 e. The van der Waals surface area contributed by atoms with Crippen molar-refractivity contribution in [2.24, 2.45) is 5.92 Å². The summed E-state index contributed by atoms with van der Waals surface area (Å²) in [5.74, 6) is 1.93. The van der Waals surface area contributed by atoms with E-state index < -0.39 is 0 Å². The maximum absolute atomic E-state index is 4.86. The lowest BCUT2D eigenvalue weighted by Gasteiger charge is -2.15. The molecule has 112 valence electrons. The predicted molar refractivity (Wildman–Crippen MR) is 83.2 cm³/mol. The molecule has 0 saturated carbocycles. The summed E-state index contributed by atoms with van der Waals surface area (Å²) in [6.45, 7) is 4.42. The second-order valence-corrected chi connectivity index (χ2v) is 6.34. The van der Waals surface area contributed by atoms with Crippen molar-refractivity contribution in [2.45, 2.75) is 38.3 Å². The summed E-state index contributed by atoms with van der Waals surface area (Å²) in [4.78, 5) is 9.44. The van der Waals surface area contributed by atoms with Crippen LogP contribution in [0, 0.1) is 5.92 Å². The van der Waals surface area contributed by atoms with E-state index in [9.17, 15) is 0 Å². The molecule has 2 atom stereocenters. The van der Waals surface area contributed by atoms with Crippen molar-refractivity contribution < 1.29 is 0 Å². The molecule has 0 bridgehead atoms. The van der Waals surface area contributed by atoms with Gasteiger partial charge in [-0.25, -0.2) is 9.97 Å². The molecule has 0 spiro atoms. The van der Waals surface area contributed by atoms with Gasteiger partial charge in [-0.2, -0.15) is 0 Å². The van der Waals surface area contributed by atoms with Gasteiger partial charge in [0.2, 0.25) is 0 Å². The number of nitrogens with zero attached hydrogens (tertiary/aromatic N) is 3. The highest BCUT2D eigenvalue weighted by molar-refractivity contribution is 5.71. The summed E-state index contributed by atoms with van der Waals surface area (Å²) in [7, 11) is 0. The molecule has 2 aliphatic rings. The minimum Gasteiger partial charge on any atom is -0.316 e. The summed E-state index contributed by atoms with van der Waals surface area (Å²) in [6.07, 6.45) is 6.75. The Morgan fingerprint density at radius 2 is 2.29 bits per heavy atom. The molecule has 2 aromatic rings. The third-order valence-electron chi connectivity index (χ3n) is 4.78. The molecule has 2 aromatic heterocycles. The SMILES string of the molecule is c1cnc2c(c1)nc(CC1CCNC1)n2CC1CCCN1. The Balaban J connectivity index is 1.65. The highest BCUT2D eigenvalue weighted by atomic mass is 15.2. The van der Waals surface area contributed by atoms with Gasteiger partial charge in [0.25, 0.3) is 0 Å². The molecule has 2 saturated heterocycles. The number of aromatic nitrogens is 3. The average Bonchev–Trinajstić information content (AvgIpc) is 3.23. The van der Waals surface area contributed by atoms with Gasteiger partial charge in [-0.1, -0.05) is 0 Å². The smallest absolute Gasteiger partial charge is 0.160 e. The molecule has 5 nitrogen and oxygen atoms in total. The Labute approximate surface area is 125 Å². The van der Waals surface area contributed by atoms with Crippen molar-refractivity contribution in [1.29, 1.82) is 0 Å². The molecule has 0 amide bonds. The number of hydrogen-bond acceptors (Lipinski definition) is 4. The van der Waals surface area contributed by atoms with Gasteiger partial charge >= 0.3 is 0 Å². The molecule has 4 heterocycles. The maximum atomic E-state index is 4.86. The van der Waals surface area contributed by atoms with Crippen molar-refractivity contribution >= 4 is 11.2 Å². The molecule has 5 heteroatoms. The summed E-state index contributed by atoms with van der Waals surface area (Å²) in [5.41, 5.74) is 2.09. The number of hydrogen-bond donors (Lipinski definition) is 2. The van der Waals surface area contributed by atoms with Gasteiger partial charge in [0, 0.05) is 25.2 Å². The van der Waals surface area contributed by atoms with Gasteiger partial charge < -0.3 is 15.2 Å². The van der Waals surface area contributed by atoms with Crippen LogP contribution in [0.3, 0.4) is 0 Å². The van der Waals surface area contributed by atoms with Crippen molar-refractivity contribution in [3.05, 3.63) is 24.2 Å². The summed E-state index contributed by atoms with van der Waals surface area (Å²) >= 11 is 0. The molecule has 0 radical (unpaired) electrons. The van der Waals surface area contributed by atoms with Gasteiger partial charge in [0.15, 0.2) is 5.65 Å². The molecule has 4 rings (SSSR count).